The Balaban J connectivity index is 1.68. The monoisotopic (exact) mass is 392 g/mol. The van der Waals surface area contributed by atoms with Crippen LogP contribution >= 0.6 is 34.8 Å². The quantitative estimate of drug-likeness (QED) is 0.494. The summed E-state index contributed by atoms with van der Waals surface area (Å²) in [5.74, 6) is -0.413. The lowest BCUT2D eigenvalue weighted by Gasteiger charge is -1.99. The third kappa shape index (κ3) is 4.39. The number of hydrogen-bond donors (Lipinski definition) is 2. The van der Waals surface area contributed by atoms with Gasteiger partial charge in [-0.2, -0.15) is 10.2 Å². The lowest BCUT2D eigenvalue weighted by atomic mass is 10.1. The van der Waals surface area contributed by atoms with Gasteiger partial charge in [0.05, 0.1) is 22.0 Å². The molecule has 3 aromatic rings. The highest BCUT2D eigenvalue weighted by Crippen LogP contribution is 2.27. The Labute approximate surface area is 158 Å². The van der Waals surface area contributed by atoms with E-state index in [1.807, 2.05) is 0 Å². The minimum absolute atomic E-state index is 0.273. The van der Waals surface area contributed by atoms with Crippen LogP contribution in [0.25, 0.3) is 11.3 Å². The first-order valence-electron chi connectivity index (χ1n) is 7.13. The normalized spacial score (nSPS) is 11.0. The second kappa shape index (κ2) is 7.70. The van der Waals surface area contributed by atoms with E-state index in [-0.39, 0.29) is 5.69 Å². The molecule has 1 amide bonds. The number of aromatic amines is 1. The zero-order valence-electron chi connectivity index (χ0n) is 12.6. The maximum absolute atomic E-state index is 12.1. The SMILES string of the molecule is O=C(N/N=C/c1ccc(Cl)cc1)c1cc(-c2ccc(Cl)c(Cl)c2)n[nH]1. The molecule has 0 saturated heterocycles. The van der Waals surface area contributed by atoms with Crippen LogP contribution < -0.4 is 5.43 Å². The number of carbonyl (C=O) groups excluding carboxylic acids is 1. The maximum atomic E-state index is 12.1. The minimum atomic E-state index is -0.413. The smallest absolute Gasteiger partial charge is 0.272 e. The van der Waals surface area contributed by atoms with E-state index in [1.54, 1.807) is 48.5 Å². The molecule has 2 aromatic carbocycles. The van der Waals surface area contributed by atoms with Crippen LogP contribution in [0, 0.1) is 0 Å². The number of amides is 1. The van der Waals surface area contributed by atoms with Crippen LogP contribution in [0.5, 0.6) is 0 Å². The van der Waals surface area contributed by atoms with E-state index < -0.39 is 5.91 Å². The van der Waals surface area contributed by atoms with E-state index in [0.29, 0.717) is 20.8 Å². The number of nitrogens with zero attached hydrogens (tertiary/aromatic N) is 2. The highest BCUT2D eigenvalue weighted by molar-refractivity contribution is 6.42. The third-order valence-corrected chi connectivity index (χ3v) is 4.28. The predicted octanol–water partition coefficient (Wildman–Crippen LogP) is 4.80. The first-order chi connectivity index (χ1) is 12.0. The summed E-state index contributed by atoms with van der Waals surface area (Å²) in [6.45, 7) is 0. The van der Waals surface area contributed by atoms with Crippen molar-refractivity contribution in [1.82, 2.24) is 15.6 Å². The summed E-state index contributed by atoms with van der Waals surface area (Å²) in [6.07, 6.45) is 1.52. The molecule has 0 spiro atoms. The fourth-order valence-electron chi connectivity index (χ4n) is 2.02. The summed E-state index contributed by atoms with van der Waals surface area (Å²) in [7, 11) is 0. The van der Waals surface area contributed by atoms with Gasteiger partial charge >= 0.3 is 0 Å². The molecule has 0 bridgehead atoms. The molecule has 3 rings (SSSR count). The zero-order chi connectivity index (χ0) is 17.8. The molecule has 1 heterocycles. The molecule has 126 valence electrons. The van der Waals surface area contributed by atoms with Gasteiger partial charge in [-0.1, -0.05) is 53.0 Å². The zero-order valence-corrected chi connectivity index (χ0v) is 14.9. The molecular formula is C17H11Cl3N4O. The first kappa shape index (κ1) is 17.5. The van der Waals surface area contributed by atoms with Crippen LogP contribution in [0.4, 0.5) is 0 Å². The number of rotatable bonds is 4. The second-order valence-corrected chi connectivity index (χ2v) is 6.30. The van der Waals surface area contributed by atoms with Gasteiger partial charge in [-0.05, 0) is 35.9 Å². The van der Waals surface area contributed by atoms with Crippen molar-refractivity contribution in [3.8, 4) is 11.3 Å². The fraction of sp³-hybridized carbons (Fsp3) is 0. The van der Waals surface area contributed by atoms with E-state index in [1.165, 1.54) is 6.21 Å². The molecular weight excluding hydrogens is 383 g/mol. The number of hydrazone groups is 1. The number of halogens is 3. The van der Waals surface area contributed by atoms with Gasteiger partial charge < -0.3 is 0 Å². The molecule has 0 aliphatic heterocycles. The van der Waals surface area contributed by atoms with Crippen LogP contribution in [0.1, 0.15) is 16.1 Å². The Morgan fingerprint density at radius 2 is 1.80 bits per heavy atom. The third-order valence-electron chi connectivity index (χ3n) is 3.29. The topological polar surface area (TPSA) is 70.1 Å². The summed E-state index contributed by atoms with van der Waals surface area (Å²) in [5, 5.41) is 12.2. The summed E-state index contributed by atoms with van der Waals surface area (Å²) in [5.41, 5.74) is 4.83. The summed E-state index contributed by atoms with van der Waals surface area (Å²) >= 11 is 17.7. The molecule has 0 radical (unpaired) electrons. The van der Waals surface area contributed by atoms with Gasteiger partial charge in [0.15, 0.2) is 0 Å². The van der Waals surface area contributed by atoms with Gasteiger partial charge in [0.25, 0.3) is 5.91 Å². The molecule has 0 unspecified atom stereocenters. The Kier molecular flexibility index (Phi) is 5.38. The van der Waals surface area contributed by atoms with Crippen LogP contribution in [0.15, 0.2) is 53.6 Å². The van der Waals surface area contributed by atoms with E-state index >= 15 is 0 Å². The Hall–Kier alpha value is -2.34. The Morgan fingerprint density at radius 3 is 2.52 bits per heavy atom. The van der Waals surface area contributed by atoms with Crippen molar-refractivity contribution in [2.75, 3.05) is 0 Å². The van der Waals surface area contributed by atoms with Crippen molar-refractivity contribution >= 4 is 46.9 Å². The summed E-state index contributed by atoms with van der Waals surface area (Å²) in [6, 6.07) is 13.8. The first-order valence-corrected chi connectivity index (χ1v) is 8.26. The highest BCUT2D eigenvalue weighted by Gasteiger charge is 2.11. The van der Waals surface area contributed by atoms with Crippen molar-refractivity contribution in [3.05, 3.63) is 74.9 Å². The predicted molar refractivity (Wildman–Crippen MR) is 101 cm³/mol. The molecule has 0 fully saturated rings. The van der Waals surface area contributed by atoms with Crippen molar-refractivity contribution in [2.24, 2.45) is 5.10 Å². The Morgan fingerprint density at radius 1 is 1.04 bits per heavy atom. The summed E-state index contributed by atoms with van der Waals surface area (Å²) < 4.78 is 0. The van der Waals surface area contributed by atoms with E-state index in [0.717, 1.165) is 11.1 Å². The number of hydrogen-bond acceptors (Lipinski definition) is 3. The second-order valence-electron chi connectivity index (χ2n) is 5.05. The van der Waals surface area contributed by atoms with Gasteiger partial charge in [-0.3, -0.25) is 9.89 Å². The largest absolute Gasteiger partial charge is 0.289 e. The van der Waals surface area contributed by atoms with Crippen LogP contribution in [-0.2, 0) is 0 Å². The van der Waals surface area contributed by atoms with Gasteiger partial charge in [-0.15, -0.1) is 0 Å². The van der Waals surface area contributed by atoms with Crippen molar-refractivity contribution in [3.63, 3.8) is 0 Å². The average Bonchev–Trinajstić information content (AvgIpc) is 3.09. The molecule has 2 N–H and O–H groups in total. The van der Waals surface area contributed by atoms with E-state index in [4.69, 9.17) is 34.8 Å². The van der Waals surface area contributed by atoms with Crippen LogP contribution in [0.2, 0.25) is 15.1 Å². The van der Waals surface area contributed by atoms with Crippen LogP contribution in [0.3, 0.4) is 0 Å². The average molecular weight is 394 g/mol. The van der Waals surface area contributed by atoms with E-state index in [9.17, 15) is 4.79 Å². The highest BCUT2D eigenvalue weighted by atomic mass is 35.5. The Bertz CT molecular complexity index is 935. The number of aromatic nitrogens is 2. The number of benzene rings is 2. The molecule has 0 aliphatic carbocycles. The van der Waals surface area contributed by atoms with Crippen molar-refractivity contribution in [1.29, 1.82) is 0 Å². The lowest BCUT2D eigenvalue weighted by Crippen LogP contribution is -2.17. The van der Waals surface area contributed by atoms with Crippen molar-refractivity contribution < 1.29 is 4.79 Å². The van der Waals surface area contributed by atoms with Gasteiger partial charge in [-0.25, -0.2) is 5.43 Å². The number of H-pyrrole nitrogens is 1. The molecule has 1 aromatic heterocycles. The minimum Gasteiger partial charge on any atom is -0.272 e. The van der Waals surface area contributed by atoms with Gasteiger partial charge in [0.1, 0.15) is 5.69 Å². The standard InChI is InChI=1S/C17H11Cl3N4O/c18-12-4-1-10(2-5-12)9-21-24-17(25)16-8-15(22-23-16)11-3-6-13(19)14(20)7-11/h1-9H,(H,22,23)(H,24,25)/b21-9+. The van der Waals surface area contributed by atoms with Gasteiger partial charge in [0.2, 0.25) is 0 Å². The molecule has 8 heteroatoms. The molecule has 0 aliphatic rings. The maximum Gasteiger partial charge on any atom is 0.289 e. The molecule has 0 atom stereocenters. The summed E-state index contributed by atoms with van der Waals surface area (Å²) in [4.78, 5) is 12.1. The van der Waals surface area contributed by atoms with Gasteiger partial charge in [0, 0.05) is 10.6 Å². The number of nitrogens with one attached hydrogen (secondary N) is 2. The lowest BCUT2D eigenvalue weighted by molar-refractivity contribution is 0.0950. The fourth-order valence-corrected chi connectivity index (χ4v) is 2.44. The molecule has 25 heavy (non-hydrogen) atoms. The number of carbonyl (C=O) groups is 1. The molecule has 5 nitrogen and oxygen atoms in total. The van der Waals surface area contributed by atoms with Crippen LogP contribution in [-0.4, -0.2) is 22.3 Å². The van der Waals surface area contributed by atoms with E-state index in [2.05, 4.69) is 20.7 Å². The molecule has 0 saturated carbocycles. The van der Waals surface area contributed by atoms with Crippen molar-refractivity contribution in [2.45, 2.75) is 0 Å².